The van der Waals surface area contributed by atoms with Crippen molar-refractivity contribution in [2.24, 2.45) is 17.4 Å². The predicted molar refractivity (Wildman–Crippen MR) is 149 cm³/mol. The molecule has 0 spiro atoms. The molecular weight excluding hydrogens is 588 g/mol. The fraction of sp³-hybridized carbons (Fsp3) is 0.963. The number of ether oxygens (including phenoxy) is 4. The van der Waals surface area contributed by atoms with E-state index in [1.54, 1.807) is 7.05 Å². The number of ketones is 1. The number of hydrogen-bond donors (Lipinski definition) is 12. The van der Waals surface area contributed by atoms with E-state index in [1.807, 2.05) is 0 Å². The first-order chi connectivity index (χ1) is 20.7. The number of likely N-dealkylation sites (N-methyl/N-ethyl adjacent to an activating group) is 1. The zero-order valence-electron chi connectivity index (χ0n) is 25.0. The van der Waals surface area contributed by atoms with Crippen molar-refractivity contribution in [1.82, 2.24) is 10.6 Å². The van der Waals surface area contributed by atoms with Crippen molar-refractivity contribution in [1.29, 1.82) is 0 Å². The minimum atomic E-state index is -1.72. The first-order valence-electron chi connectivity index (χ1n) is 15.1. The molecule has 2 saturated carbocycles. The summed E-state index contributed by atoms with van der Waals surface area (Å²) < 4.78 is 23.4. The summed E-state index contributed by atoms with van der Waals surface area (Å²) in [6.07, 6.45) is -14.0. The van der Waals surface area contributed by atoms with Gasteiger partial charge in [0.2, 0.25) is 0 Å². The fourth-order valence-corrected chi connectivity index (χ4v) is 6.44. The highest BCUT2D eigenvalue weighted by Crippen LogP contribution is 2.41. The Morgan fingerprint density at radius 1 is 0.977 bits per heavy atom. The molecule has 3 unspecified atom stereocenters. The van der Waals surface area contributed by atoms with Crippen LogP contribution in [0.2, 0.25) is 0 Å². The Morgan fingerprint density at radius 3 is 2.25 bits per heavy atom. The van der Waals surface area contributed by atoms with Crippen molar-refractivity contribution in [2.75, 3.05) is 33.4 Å². The van der Waals surface area contributed by atoms with Gasteiger partial charge < -0.3 is 81.9 Å². The number of nitrogens with one attached hydrogen (secondary N) is 2. The quantitative estimate of drug-likeness (QED) is 0.0835. The lowest BCUT2D eigenvalue weighted by atomic mass is 9.76. The predicted octanol–water partition coefficient (Wildman–Crippen LogP) is -6.28. The number of carbonyl (C=O) groups excluding carboxylic acids is 1. The smallest absolute Gasteiger partial charge is 0.187 e. The minimum Gasteiger partial charge on any atom is -0.396 e. The lowest BCUT2D eigenvalue weighted by Crippen LogP contribution is -2.67. The molecule has 16 atom stereocenters. The van der Waals surface area contributed by atoms with E-state index in [2.05, 4.69) is 10.6 Å². The van der Waals surface area contributed by atoms with Gasteiger partial charge in [0.25, 0.3) is 0 Å². The second kappa shape index (κ2) is 14.4. The van der Waals surface area contributed by atoms with Crippen molar-refractivity contribution < 1.29 is 64.6 Å². The van der Waals surface area contributed by atoms with Crippen LogP contribution < -0.4 is 22.1 Å². The summed E-state index contributed by atoms with van der Waals surface area (Å²) in [7, 11) is 1.54. The standard InChI is InChI=1S/C27H50N4O13/c1-26(39)10-41-24(20(38)23(26)30-2)43-21-11(7-15(33)27(40)8-14(27)29)6-12(28)22(19(21)37)44-25-18(36)17(35)16(34)13(42-25)9-31-4-3-5-32/h11-14,16-25,30-32,34-40H,3-10,28-29H2,1-2H3/t11-,12-,13+,14?,16+,17-,18+,19+,20+,21-,22?,23+,24+,25+,26-,27?/m0/s1. The maximum atomic E-state index is 13.0. The molecule has 44 heavy (non-hydrogen) atoms. The van der Waals surface area contributed by atoms with Crippen LogP contribution in [0.5, 0.6) is 0 Å². The van der Waals surface area contributed by atoms with Crippen molar-refractivity contribution >= 4 is 5.78 Å². The molecule has 14 N–H and O–H groups in total. The molecule has 0 radical (unpaired) electrons. The van der Waals surface area contributed by atoms with Crippen LogP contribution in [-0.2, 0) is 23.7 Å². The molecule has 4 aliphatic rings. The molecule has 0 aromatic rings. The second-order valence-electron chi connectivity index (χ2n) is 12.8. The number of Topliss-reactive ketones (excluding diaryl/α,β-unsaturated/α-hetero) is 1. The number of aliphatic hydroxyl groups is 8. The zero-order chi connectivity index (χ0) is 32.6. The van der Waals surface area contributed by atoms with Gasteiger partial charge in [0.15, 0.2) is 18.4 Å². The van der Waals surface area contributed by atoms with Crippen LogP contribution in [-0.4, -0.2) is 171 Å². The van der Waals surface area contributed by atoms with Gasteiger partial charge in [0.1, 0.15) is 53.9 Å². The summed E-state index contributed by atoms with van der Waals surface area (Å²) in [5.41, 5.74) is 9.04. The molecule has 4 rings (SSSR count). The lowest BCUT2D eigenvalue weighted by Gasteiger charge is -2.49. The highest BCUT2D eigenvalue weighted by Gasteiger charge is 2.58. The van der Waals surface area contributed by atoms with E-state index in [0.717, 1.165) is 0 Å². The normalized spacial score (nSPS) is 49.5. The molecule has 0 amide bonds. The average molecular weight is 639 g/mol. The molecule has 0 aromatic heterocycles. The monoisotopic (exact) mass is 638 g/mol. The molecular formula is C27H50N4O13. The molecule has 0 bridgehead atoms. The maximum absolute atomic E-state index is 13.0. The Labute approximate surface area is 255 Å². The van der Waals surface area contributed by atoms with E-state index in [0.29, 0.717) is 13.0 Å². The zero-order valence-corrected chi connectivity index (χ0v) is 25.0. The number of rotatable bonds is 13. The van der Waals surface area contributed by atoms with Gasteiger partial charge in [-0.1, -0.05) is 0 Å². The largest absolute Gasteiger partial charge is 0.396 e. The van der Waals surface area contributed by atoms with Gasteiger partial charge in [-0.05, 0) is 39.3 Å². The summed E-state index contributed by atoms with van der Waals surface area (Å²) in [4.78, 5) is 13.0. The molecule has 2 aliphatic heterocycles. The molecule has 2 aliphatic carbocycles. The van der Waals surface area contributed by atoms with Gasteiger partial charge in [0, 0.05) is 38.1 Å². The Bertz CT molecular complexity index is 967. The van der Waals surface area contributed by atoms with Crippen molar-refractivity contribution in [3.63, 3.8) is 0 Å². The number of nitrogens with two attached hydrogens (primary N) is 2. The van der Waals surface area contributed by atoms with Crippen molar-refractivity contribution in [2.45, 2.75) is 123 Å². The third kappa shape index (κ3) is 7.44. The molecule has 17 heteroatoms. The molecule has 2 saturated heterocycles. The number of carbonyl (C=O) groups is 1. The van der Waals surface area contributed by atoms with E-state index in [-0.39, 0.29) is 39.0 Å². The SMILES string of the molecule is CN[C@@H]1[C@@H](O)[C@@H](O[C@H]2[C@H](CC(=O)C3(O)CC3N)C[C@H](N)C(O[C@H]3O[C@H](CNCCCO)[C@@H](O)[C@H](O)[C@H]3O)[C@@H]2O)OC[C@]1(C)O. The van der Waals surface area contributed by atoms with E-state index < -0.39 is 102 Å². The van der Waals surface area contributed by atoms with Crippen molar-refractivity contribution in [3.8, 4) is 0 Å². The summed E-state index contributed by atoms with van der Waals surface area (Å²) in [6, 6.07) is -2.54. The first-order valence-corrected chi connectivity index (χ1v) is 15.1. The summed E-state index contributed by atoms with van der Waals surface area (Å²) in [5, 5.41) is 90.1. The number of hydrogen-bond acceptors (Lipinski definition) is 17. The van der Waals surface area contributed by atoms with Crippen molar-refractivity contribution in [3.05, 3.63) is 0 Å². The molecule has 4 fully saturated rings. The van der Waals surface area contributed by atoms with Crippen LogP contribution in [0.25, 0.3) is 0 Å². The molecule has 17 nitrogen and oxygen atoms in total. The van der Waals surface area contributed by atoms with Crippen LogP contribution in [0.4, 0.5) is 0 Å². The summed E-state index contributed by atoms with van der Waals surface area (Å²) in [6.45, 7) is 1.65. The Morgan fingerprint density at radius 2 is 1.64 bits per heavy atom. The van der Waals surface area contributed by atoms with Crippen LogP contribution in [0.15, 0.2) is 0 Å². The molecule has 0 aromatic carbocycles. The van der Waals surface area contributed by atoms with Gasteiger partial charge in [-0.25, -0.2) is 0 Å². The molecule has 2 heterocycles. The van der Waals surface area contributed by atoms with Crippen LogP contribution in [0.1, 0.15) is 32.6 Å². The van der Waals surface area contributed by atoms with E-state index in [9.17, 15) is 40.5 Å². The minimum absolute atomic E-state index is 0.0274. The van der Waals surface area contributed by atoms with Crippen LogP contribution in [0.3, 0.4) is 0 Å². The second-order valence-corrected chi connectivity index (χ2v) is 12.8. The van der Waals surface area contributed by atoms with Crippen LogP contribution in [0, 0.1) is 5.92 Å². The van der Waals surface area contributed by atoms with Gasteiger partial charge >= 0.3 is 0 Å². The summed E-state index contributed by atoms with van der Waals surface area (Å²) in [5.74, 6) is -1.34. The van der Waals surface area contributed by atoms with Gasteiger partial charge in [-0.2, -0.15) is 0 Å². The van der Waals surface area contributed by atoms with E-state index in [4.69, 9.17) is 35.5 Å². The Balaban J connectivity index is 1.52. The Kier molecular flexibility index (Phi) is 11.8. The molecule has 256 valence electrons. The van der Waals surface area contributed by atoms with Gasteiger partial charge in [-0.3, -0.25) is 4.79 Å². The first kappa shape index (κ1) is 35.9. The summed E-state index contributed by atoms with van der Waals surface area (Å²) >= 11 is 0. The topological polar surface area (TPSA) is 292 Å². The third-order valence-electron chi connectivity index (χ3n) is 9.30. The average Bonchev–Trinajstić information content (AvgIpc) is 3.59. The number of aliphatic hydroxyl groups excluding tert-OH is 6. The third-order valence-corrected chi connectivity index (χ3v) is 9.30. The fourth-order valence-electron chi connectivity index (χ4n) is 6.44. The lowest BCUT2D eigenvalue weighted by molar-refractivity contribution is -0.333. The van der Waals surface area contributed by atoms with Gasteiger partial charge in [-0.15, -0.1) is 0 Å². The maximum Gasteiger partial charge on any atom is 0.187 e. The van der Waals surface area contributed by atoms with E-state index in [1.165, 1.54) is 6.92 Å². The van der Waals surface area contributed by atoms with Crippen LogP contribution >= 0.6 is 0 Å². The van der Waals surface area contributed by atoms with E-state index >= 15 is 0 Å². The Hall–Kier alpha value is -0.970. The van der Waals surface area contributed by atoms with Gasteiger partial charge in [0.05, 0.1) is 18.8 Å². The highest BCUT2D eigenvalue weighted by molar-refractivity contribution is 5.91. The highest BCUT2D eigenvalue weighted by atomic mass is 16.7.